The van der Waals surface area contributed by atoms with E-state index in [1.54, 1.807) is 18.2 Å². The zero-order valence-electron chi connectivity index (χ0n) is 13.0. The van der Waals surface area contributed by atoms with Crippen molar-refractivity contribution < 1.29 is 9.34 Å². The molecule has 7 nitrogen and oxygen atoms in total. The molecule has 1 aliphatic rings. The Kier molecular flexibility index (Phi) is 3.60. The molecule has 4 rings (SSSR count). The molecule has 0 unspecified atom stereocenters. The number of aromatic nitrogens is 2. The number of benzene rings is 1. The fraction of sp³-hybridized carbons (Fsp3) is 0.294. The van der Waals surface area contributed by atoms with Crippen LogP contribution in [0.4, 0.5) is 11.5 Å². The van der Waals surface area contributed by atoms with Crippen molar-refractivity contribution >= 4 is 22.7 Å². The molecule has 24 heavy (non-hydrogen) atoms. The molecule has 1 fully saturated rings. The van der Waals surface area contributed by atoms with E-state index in [1.807, 2.05) is 12.1 Å². The average molecular weight is 324 g/mol. The summed E-state index contributed by atoms with van der Waals surface area (Å²) >= 11 is 0. The Labute approximate surface area is 138 Å². The first-order valence-electron chi connectivity index (χ1n) is 7.99. The van der Waals surface area contributed by atoms with Crippen molar-refractivity contribution in [2.24, 2.45) is 0 Å². The highest BCUT2D eigenvalue weighted by Gasteiger charge is 2.20. The Morgan fingerprint density at radius 3 is 2.62 bits per heavy atom. The molecule has 3 heterocycles. The van der Waals surface area contributed by atoms with Crippen LogP contribution in [-0.4, -0.2) is 28.0 Å². The predicted molar refractivity (Wildman–Crippen MR) is 90.0 cm³/mol. The highest BCUT2D eigenvalue weighted by molar-refractivity contribution is 5.77. The maximum Gasteiger partial charge on any atom is 0.282 e. The number of piperidine rings is 1. The highest BCUT2D eigenvalue weighted by atomic mass is 16.6. The SMILES string of the molecule is O=[N+]([O-])c1ccccc1-c1nc2ccc(N3CCCCC3)nc2o1. The second-order valence-electron chi connectivity index (χ2n) is 5.83. The quantitative estimate of drug-likeness (QED) is 0.538. The van der Waals surface area contributed by atoms with Gasteiger partial charge < -0.3 is 9.32 Å². The van der Waals surface area contributed by atoms with Crippen molar-refractivity contribution in [1.29, 1.82) is 0 Å². The van der Waals surface area contributed by atoms with E-state index in [4.69, 9.17) is 4.42 Å². The van der Waals surface area contributed by atoms with Crippen LogP contribution in [0.15, 0.2) is 40.8 Å². The molecular weight excluding hydrogens is 308 g/mol. The summed E-state index contributed by atoms with van der Waals surface area (Å²) in [6.45, 7) is 1.98. The van der Waals surface area contributed by atoms with Crippen LogP contribution in [0.3, 0.4) is 0 Å². The molecule has 7 heteroatoms. The number of anilines is 1. The van der Waals surface area contributed by atoms with Gasteiger partial charge in [0.2, 0.25) is 11.6 Å². The fourth-order valence-corrected chi connectivity index (χ4v) is 3.04. The van der Waals surface area contributed by atoms with Crippen molar-refractivity contribution in [3.05, 3.63) is 46.5 Å². The lowest BCUT2D eigenvalue weighted by Gasteiger charge is -2.27. The largest absolute Gasteiger partial charge is 0.417 e. The summed E-state index contributed by atoms with van der Waals surface area (Å²) in [6.07, 6.45) is 3.58. The summed E-state index contributed by atoms with van der Waals surface area (Å²) in [5.41, 5.74) is 1.34. The average Bonchev–Trinajstić information content (AvgIpc) is 3.05. The molecule has 0 radical (unpaired) electrons. The van der Waals surface area contributed by atoms with Gasteiger partial charge in [0.05, 0.1) is 4.92 Å². The van der Waals surface area contributed by atoms with Crippen LogP contribution in [-0.2, 0) is 0 Å². The highest BCUT2D eigenvalue weighted by Crippen LogP contribution is 2.31. The number of hydrogen-bond donors (Lipinski definition) is 0. The van der Waals surface area contributed by atoms with E-state index in [0.717, 1.165) is 31.7 Å². The molecule has 0 spiro atoms. The van der Waals surface area contributed by atoms with Crippen molar-refractivity contribution in [2.75, 3.05) is 18.0 Å². The number of fused-ring (bicyclic) bond motifs is 1. The molecule has 0 amide bonds. The van der Waals surface area contributed by atoms with E-state index in [-0.39, 0.29) is 11.6 Å². The zero-order valence-corrected chi connectivity index (χ0v) is 13.0. The summed E-state index contributed by atoms with van der Waals surface area (Å²) in [7, 11) is 0. The molecule has 0 N–H and O–H groups in total. The first-order chi connectivity index (χ1) is 11.7. The third kappa shape index (κ3) is 2.58. The van der Waals surface area contributed by atoms with Gasteiger partial charge in [-0.25, -0.2) is 4.98 Å². The zero-order chi connectivity index (χ0) is 16.5. The van der Waals surface area contributed by atoms with E-state index >= 15 is 0 Å². The van der Waals surface area contributed by atoms with Gasteiger partial charge in [0, 0.05) is 19.2 Å². The Balaban J connectivity index is 1.75. The van der Waals surface area contributed by atoms with Crippen LogP contribution in [0.2, 0.25) is 0 Å². The molecule has 122 valence electrons. The maximum absolute atomic E-state index is 11.2. The van der Waals surface area contributed by atoms with Crippen LogP contribution in [0.1, 0.15) is 19.3 Å². The predicted octanol–water partition coefficient (Wildman–Crippen LogP) is 3.79. The number of pyridine rings is 1. The minimum absolute atomic E-state index is 0.0275. The van der Waals surface area contributed by atoms with Gasteiger partial charge in [-0.3, -0.25) is 10.1 Å². The van der Waals surface area contributed by atoms with E-state index in [0.29, 0.717) is 16.8 Å². The van der Waals surface area contributed by atoms with Gasteiger partial charge in [-0.2, -0.15) is 4.98 Å². The van der Waals surface area contributed by atoms with Crippen molar-refractivity contribution in [1.82, 2.24) is 9.97 Å². The van der Waals surface area contributed by atoms with Crippen molar-refractivity contribution in [2.45, 2.75) is 19.3 Å². The molecule has 0 bridgehead atoms. The van der Waals surface area contributed by atoms with Gasteiger partial charge in [0.15, 0.2) is 0 Å². The lowest BCUT2D eigenvalue weighted by molar-refractivity contribution is -0.384. The molecule has 1 aliphatic heterocycles. The second-order valence-corrected chi connectivity index (χ2v) is 5.83. The minimum Gasteiger partial charge on any atom is -0.417 e. The summed E-state index contributed by atoms with van der Waals surface area (Å²) in [5.74, 6) is 1.09. The topological polar surface area (TPSA) is 85.3 Å². The molecule has 1 saturated heterocycles. The molecule has 3 aromatic rings. The molecule has 1 aromatic carbocycles. The summed E-state index contributed by atoms with van der Waals surface area (Å²) < 4.78 is 5.72. The van der Waals surface area contributed by atoms with E-state index in [9.17, 15) is 10.1 Å². The monoisotopic (exact) mass is 324 g/mol. The third-order valence-electron chi connectivity index (χ3n) is 4.25. The van der Waals surface area contributed by atoms with Crippen molar-refractivity contribution in [3.8, 4) is 11.5 Å². The standard InChI is InChI=1S/C17H16N4O3/c22-21(23)14-7-3-2-6-12(14)16-18-13-8-9-15(19-17(13)24-16)20-10-4-1-5-11-20/h2-3,6-9H,1,4-5,10-11H2. The van der Waals surface area contributed by atoms with E-state index in [2.05, 4.69) is 14.9 Å². The smallest absolute Gasteiger partial charge is 0.282 e. The normalized spacial score (nSPS) is 14.9. The summed E-state index contributed by atoms with van der Waals surface area (Å²) in [5, 5.41) is 11.2. The lowest BCUT2D eigenvalue weighted by atomic mass is 10.1. The number of hydrogen-bond acceptors (Lipinski definition) is 6. The van der Waals surface area contributed by atoms with Crippen LogP contribution in [0, 0.1) is 10.1 Å². The molecular formula is C17H16N4O3. The van der Waals surface area contributed by atoms with Crippen LogP contribution >= 0.6 is 0 Å². The van der Waals surface area contributed by atoms with E-state index in [1.165, 1.54) is 12.5 Å². The number of nitro benzene ring substituents is 1. The number of nitro groups is 1. The van der Waals surface area contributed by atoms with Crippen LogP contribution < -0.4 is 4.90 Å². The van der Waals surface area contributed by atoms with Crippen molar-refractivity contribution in [3.63, 3.8) is 0 Å². The summed E-state index contributed by atoms with van der Waals surface area (Å²) in [4.78, 5) is 21.9. The number of nitrogens with zero attached hydrogens (tertiary/aromatic N) is 4. The van der Waals surface area contributed by atoms with E-state index < -0.39 is 4.92 Å². The summed E-state index contributed by atoms with van der Waals surface area (Å²) in [6, 6.07) is 10.2. The van der Waals surface area contributed by atoms with Crippen LogP contribution in [0.25, 0.3) is 22.7 Å². The van der Waals surface area contributed by atoms with Gasteiger partial charge in [0.25, 0.3) is 5.69 Å². The third-order valence-corrected chi connectivity index (χ3v) is 4.25. The fourth-order valence-electron chi connectivity index (χ4n) is 3.04. The van der Waals surface area contributed by atoms with Gasteiger partial charge in [-0.15, -0.1) is 0 Å². The maximum atomic E-state index is 11.2. The molecule has 0 atom stereocenters. The number of rotatable bonds is 3. The van der Waals surface area contributed by atoms with Gasteiger partial charge in [0.1, 0.15) is 16.9 Å². The second kappa shape index (κ2) is 5.92. The lowest BCUT2D eigenvalue weighted by Crippen LogP contribution is -2.29. The Morgan fingerprint density at radius 2 is 1.83 bits per heavy atom. The minimum atomic E-state index is -0.434. The van der Waals surface area contributed by atoms with Gasteiger partial charge >= 0.3 is 0 Å². The van der Waals surface area contributed by atoms with Gasteiger partial charge in [-0.05, 0) is 37.5 Å². The first kappa shape index (κ1) is 14.6. The Bertz CT molecular complexity index is 900. The number of para-hydroxylation sites is 1. The molecule has 0 saturated carbocycles. The number of oxazole rings is 1. The first-order valence-corrected chi connectivity index (χ1v) is 7.99. The molecule has 2 aromatic heterocycles. The Hall–Kier alpha value is -2.96. The van der Waals surface area contributed by atoms with Crippen LogP contribution in [0.5, 0.6) is 0 Å². The Morgan fingerprint density at radius 1 is 1.04 bits per heavy atom. The van der Waals surface area contributed by atoms with Gasteiger partial charge in [-0.1, -0.05) is 12.1 Å². The molecule has 0 aliphatic carbocycles.